The highest BCUT2D eigenvalue weighted by Gasteiger charge is 2.25. The van der Waals surface area contributed by atoms with Gasteiger partial charge in [0.25, 0.3) is 0 Å². The zero-order chi connectivity index (χ0) is 34.5. The molecule has 0 heterocycles. The maximum Gasteiger partial charge on any atom is 0.308 e. The number of hydrogen-bond donors (Lipinski definition) is 2. The van der Waals surface area contributed by atoms with Crippen LogP contribution in [0.3, 0.4) is 0 Å². The van der Waals surface area contributed by atoms with Crippen LogP contribution in [-0.4, -0.2) is 43.9 Å². The lowest BCUT2D eigenvalue weighted by Gasteiger charge is -2.24. The number of esters is 1. The molecule has 2 N–H and O–H groups in total. The molecule has 0 saturated heterocycles. The van der Waals surface area contributed by atoms with Gasteiger partial charge in [-0.3, -0.25) is 9.59 Å². The smallest absolute Gasteiger partial charge is 0.308 e. The molecule has 0 aliphatic carbocycles. The summed E-state index contributed by atoms with van der Waals surface area (Å²) in [5, 5.41) is 13.2. The monoisotopic (exact) mass is 651 g/mol. The minimum absolute atomic E-state index is 0.118. The first-order valence-electron chi connectivity index (χ1n) is 16.7. The molecule has 1 unspecified atom stereocenters. The third-order valence-electron chi connectivity index (χ3n) is 8.51. The molecule has 0 fully saturated rings. The zero-order valence-electron chi connectivity index (χ0n) is 28.8. The van der Waals surface area contributed by atoms with Crippen LogP contribution < -0.4 is 19.5 Å². The number of aliphatic hydroxyl groups excluding tert-OH is 1. The van der Waals surface area contributed by atoms with Crippen LogP contribution in [0.1, 0.15) is 66.5 Å². The van der Waals surface area contributed by atoms with E-state index < -0.39 is 5.92 Å². The minimum atomic E-state index is -0.476. The van der Waals surface area contributed by atoms with Gasteiger partial charge < -0.3 is 24.6 Å². The van der Waals surface area contributed by atoms with Gasteiger partial charge in [-0.25, -0.2) is 0 Å². The number of benzene rings is 4. The Morgan fingerprint density at radius 3 is 1.69 bits per heavy atom. The van der Waals surface area contributed by atoms with Crippen LogP contribution >= 0.6 is 0 Å². The highest BCUT2D eigenvalue weighted by molar-refractivity contribution is 5.84. The average molecular weight is 652 g/mol. The molecule has 0 aromatic heterocycles. The molecule has 7 nitrogen and oxygen atoms in total. The van der Waals surface area contributed by atoms with Crippen molar-refractivity contribution >= 4 is 11.9 Å². The summed E-state index contributed by atoms with van der Waals surface area (Å²) in [5.41, 5.74) is 5.99. The largest absolute Gasteiger partial charge is 0.497 e. The number of ether oxygens (including phenoxy) is 3. The highest BCUT2D eigenvalue weighted by Crippen LogP contribution is 2.32. The minimum Gasteiger partial charge on any atom is -0.497 e. The fourth-order valence-corrected chi connectivity index (χ4v) is 6.07. The highest BCUT2D eigenvalue weighted by atomic mass is 16.5. The predicted octanol–water partition coefficient (Wildman–Crippen LogP) is 7.05. The zero-order valence-corrected chi connectivity index (χ0v) is 28.8. The standard InChI is InChI=1S/C41H49NO6/c1-28(2)23-36(27-43)42-41(45)39(33-9-7-6-8-10-33)26-32-24-34(17-11-30-13-19-37(46-4)20-14-30)40(48-29(3)44)35(25-32)18-12-31-15-21-38(47-5)22-16-31/h6-10,13-16,19-22,24-25,28,36,39,43H,11-12,17-18,23,26-27H2,1-5H3,(H,42,45)/t36-,39?/m0/s1. The molecule has 0 aliphatic rings. The number of carbonyl (C=O) groups excluding carboxylic acids is 2. The van der Waals surface area contributed by atoms with Crippen LogP contribution in [0.5, 0.6) is 17.2 Å². The first kappa shape index (κ1) is 36.2. The summed E-state index contributed by atoms with van der Waals surface area (Å²) >= 11 is 0. The number of rotatable bonds is 17. The quantitative estimate of drug-likeness (QED) is 0.0939. The van der Waals surface area contributed by atoms with Crippen molar-refractivity contribution in [1.82, 2.24) is 5.32 Å². The summed E-state index contributed by atoms with van der Waals surface area (Å²) in [7, 11) is 3.30. The van der Waals surface area contributed by atoms with E-state index in [1.165, 1.54) is 6.92 Å². The van der Waals surface area contributed by atoms with Gasteiger partial charge in [0.05, 0.1) is 32.8 Å². The predicted molar refractivity (Wildman–Crippen MR) is 190 cm³/mol. The van der Waals surface area contributed by atoms with Crippen molar-refractivity contribution in [2.75, 3.05) is 20.8 Å². The molecule has 2 atom stereocenters. The van der Waals surface area contributed by atoms with Crippen LogP contribution in [0.2, 0.25) is 0 Å². The lowest BCUT2D eigenvalue weighted by Crippen LogP contribution is -2.41. The van der Waals surface area contributed by atoms with E-state index >= 15 is 0 Å². The van der Waals surface area contributed by atoms with Gasteiger partial charge >= 0.3 is 5.97 Å². The molecule has 4 aromatic carbocycles. The Morgan fingerprint density at radius 2 is 1.25 bits per heavy atom. The molecule has 48 heavy (non-hydrogen) atoms. The number of hydrogen-bond acceptors (Lipinski definition) is 6. The second-order valence-electron chi connectivity index (χ2n) is 12.7. The third kappa shape index (κ3) is 10.7. The normalized spacial score (nSPS) is 12.3. The van der Waals surface area contributed by atoms with Crippen molar-refractivity contribution < 1.29 is 28.9 Å². The van der Waals surface area contributed by atoms with Gasteiger partial charge in [0.15, 0.2) is 0 Å². The Labute approximate surface area is 285 Å². The van der Waals surface area contributed by atoms with E-state index in [4.69, 9.17) is 14.2 Å². The summed E-state index contributed by atoms with van der Waals surface area (Å²) in [6, 6.07) is 29.6. The van der Waals surface area contributed by atoms with E-state index in [2.05, 4.69) is 31.3 Å². The first-order chi connectivity index (χ1) is 23.2. The molecule has 7 heteroatoms. The van der Waals surface area contributed by atoms with E-state index in [-0.39, 0.29) is 24.5 Å². The lowest BCUT2D eigenvalue weighted by molar-refractivity contribution is -0.132. The van der Waals surface area contributed by atoms with Gasteiger partial charge in [-0.2, -0.15) is 0 Å². The second kappa shape index (κ2) is 18.1. The van der Waals surface area contributed by atoms with Crippen LogP contribution in [0, 0.1) is 5.92 Å². The number of amides is 1. The van der Waals surface area contributed by atoms with Crippen LogP contribution in [0.15, 0.2) is 91.0 Å². The molecule has 1 amide bonds. The van der Waals surface area contributed by atoms with Crippen molar-refractivity contribution in [3.05, 3.63) is 124 Å². The summed E-state index contributed by atoms with van der Waals surface area (Å²) in [6.07, 6.45) is 3.88. The number of carbonyl (C=O) groups is 2. The SMILES string of the molecule is COc1ccc(CCc2cc(CC(C(=O)N[C@H](CO)CC(C)C)c3ccccc3)cc(CCc3ccc(OC)cc3)c2OC(C)=O)cc1. The Morgan fingerprint density at radius 1 is 0.729 bits per heavy atom. The fourth-order valence-electron chi connectivity index (χ4n) is 6.07. The van der Waals surface area contributed by atoms with Crippen molar-refractivity contribution in [2.24, 2.45) is 5.92 Å². The van der Waals surface area contributed by atoms with Gasteiger partial charge in [0.2, 0.25) is 5.91 Å². The van der Waals surface area contributed by atoms with Crippen molar-refractivity contribution in [1.29, 1.82) is 0 Å². The molecule has 254 valence electrons. The Bertz CT molecular complexity index is 1530. The van der Waals surface area contributed by atoms with Gasteiger partial charge in [0, 0.05) is 6.92 Å². The van der Waals surface area contributed by atoms with Crippen LogP contribution in [0.25, 0.3) is 0 Å². The molecular formula is C41H49NO6. The van der Waals surface area contributed by atoms with Crippen molar-refractivity contribution in [2.45, 2.75) is 71.3 Å². The first-order valence-corrected chi connectivity index (χ1v) is 16.7. The molecule has 4 aromatic rings. The number of nitrogens with one attached hydrogen (secondary N) is 1. The summed E-state index contributed by atoms with van der Waals surface area (Å²) < 4.78 is 16.6. The van der Waals surface area contributed by atoms with E-state index in [1.54, 1.807) is 14.2 Å². The molecule has 0 saturated carbocycles. The number of methoxy groups -OCH3 is 2. The summed E-state index contributed by atoms with van der Waals surface area (Å²) in [4.78, 5) is 26.3. The Kier molecular flexibility index (Phi) is 13.6. The van der Waals surface area contributed by atoms with Crippen molar-refractivity contribution in [3.63, 3.8) is 0 Å². The Balaban J connectivity index is 1.73. The lowest BCUT2D eigenvalue weighted by atomic mass is 9.87. The Hall–Kier alpha value is -4.62. The van der Waals surface area contributed by atoms with E-state index in [0.29, 0.717) is 37.4 Å². The molecule has 0 bridgehead atoms. The summed E-state index contributed by atoms with van der Waals surface area (Å²) in [6.45, 7) is 5.47. The topological polar surface area (TPSA) is 94.1 Å². The van der Waals surface area contributed by atoms with E-state index in [0.717, 1.165) is 57.7 Å². The van der Waals surface area contributed by atoms with Crippen LogP contribution in [-0.2, 0) is 41.7 Å². The van der Waals surface area contributed by atoms with Crippen molar-refractivity contribution in [3.8, 4) is 17.2 Å². The summed E-state index contributed by atoms with van der Waals surface area (Å²) in [5.74, 6) is 1.54. The van der Waals surface area contributed by atoms with Gasteiger partial charge in [-0.05, 0) is 102 Å². The molecule has 4 rings (SSSR count). The van der Waals surface area contributed by atoms with Gasteiger partial charge in [0.1, 0.15) is 17.2 Å². The fraction of sp³-hybridized carbons (Fsp3) is 0.366. The van der Waals surface area contributed by atoms with E-state index in [9.17, 15) is 14.7 Å². The molecule has 0 radical (unpaired) electrons. The average Bonchev–Trinajstić information content (AvgIpc) is 3.09. The number of aliphatic hydroxyl groups is 1. The molecule has 0 spiro atoms. The van der Waals surface area contributed by atoms with Gasteiger partial charge in [-0.15, -0.1) is 0 Å². The molecule has 0 aliphatic heterocycles. The third-order valence-corrected chi connectivity index (χ3v) is 8.51. The number of aryl methyl sites for hydroxylation is 4. The van der Waals surface area contributed by atoms with Gasteiger partial charge in [-0.1, -0.05) is 80.6 Å². The molecular weight excluding hydrogens is 602 g/mol. The van der Waals surface area contributed by atoms with Crippen LogP contribution in [0.4, 0.5) is 0 Å². The maximum atomic E-state index is 13.9. The van der Waals surface area contributed by atoms with E-state index in [1.807, 2.05) is 78.9 Å². The second-order valence-corrected chi connectivity index (χ2v) is 12.7. The maximum absolute atomic E-state index is 13.9.